The summed E-state index contributed by atoms with van der Waals surface area (Å²) in [5, 5.41) is 4.44. The van der Waals surface area contributed by atoms with Crippen molar-refractivity contribution in [1.29, 1.82) is 0 Å². The summed E-state index contributed by atoms with van der Waals surface area (Å²) in [7, 11) is 0. The van der Waals surface area contributed by atoms with Gasteiger partial charge in [0.1, 0.15) is 0 Å². The normalized spacial score (nSPS) is 18.7. The number of benzene rings is 2. The molecule has 2 atom stereocenters. The molecule has 3 aromatic rings. The monoisotopic (exact) mass is 396 g/mol. The highest BCUT2D eigenvalue weighted by Crippen LogP contribution is 2.33. The van der Waals surface area contributed by atoms with Gasteiger partial charge in [-0.15, -0.1) is 12.4 Å². The van der Waals surface area contributed by atoms with Crippen LogP contribution in [0.5, 0.6) is 0 Å². The molecular formula is C22H25ClN4O. The van der Waals surface area contributed by atoms with Crippen LogP contribution in [0.15, 0.2) is 66.9 Å². The van der Waals surface area contributed by atoms with Crippen molar-refractivity contribution in [3.8, 4) is 5.69 Å². The van der Waals surface area contributed by atoms with E-state index in [1.54, 1.807) is 6.20 Å². The molecule has 0 radical (unpaired) electrons. The topological polar surface area (TPSA) is 64.2 Å². The maximum atomic E-state index is 13.2. The van der Waals surface area contributed by atoms with Crippen molar-refractivity contribution in [2.24, 2.45) is 11.7 Å². The number of rotatable bonds is 4. The van der Waals surface area contributed by atoms with Gasteiger partial charge in [0.25, 0.3) is 5.91 Å². The second-order valence-electron chi connectivity index (χ2n) is 7.11. The van der Waals surface area contributed by atoms with Gasteiger partial charge in [0.15, 0.2) is 0 Å². The zero-order chi connectivity index (χ0) is 18.8. The van der Waals surface area contributed by atoms with Gasteiger partial charge in [-0.05, 0) is 37.1 Å². The largest absolute Gasteiger partial charge is 0.338 e. The van der Waals surface area contributed by atoms with Crippen LogP contribution in [0.3, 0.4) is 0 Å². The lowest BCUT2D eigenvalue weighted by Crippen LogP contribution is -2.30. The first-order valence-corrected chi connectivity index (χ1v) is 9.33. The zero-order valence-corrected chi connectivity index (χ0v) is 16.7. The third kappa shape index (κ3) is 3.68. The molecule has 0 saturated carbocycles. The van der Waals surface area contributed by atoms with Crippen LogP contribution < -0.4 is 5.73 Å². The second kappa shape index (κ2) is 8.59. The lowest BCUT2D eigenvalue weighted by atomic mass is 9.89. The number of carbonyl (C=O) groups excluding carboxylic acids is 1. The highest BCUT2D eigenvalue weighted by atomic mass is 35.5. The summed E-state index contributed by atoms with van der Waals surface area (Å²) in [5.74, 6) is 0.594. The maximum absolute atomic E-state index is 13.2. The summed E-state index contributed by atoms with van der Waals surface area (Å²) < 4.78 is 1.82. The number of nitrogens with zero attached hydrogens (tertiary/aromatic N) is 3. The Balaban J connectivity index is 0.00000225. The van der Waals surface area contributed by atoms with Gasteiger partial charge < -0.3 is 10.6 Å². The molecule has 0 spiro atoms. The molecule has 1 aliphatic heterocycles. The van der Waals surface area contributed by atoms with E-state index in [2.05, 4.69) is 17.2 Å². The Kier molecular flexibility index (Phi) is 6.17. The highest BCUT2D eigenvalue weighted by Gasteiger charge is 2.36. The minimum absolute atomic E-state index is 0. The first-order valence-electron chi connectivity index (χ1n) is 9.33. The molecule has 1 aliphatic rings. The van der Waals surface area contributed by atoms with E-state index < -0.39 is 0 Å². The van der Waals surface area contributed by atoms with E-state index in [1.807, 2.05) is 65.0 Å². The van der Waals surface area contributed by atoms with Crippen molar-refractivity contribution in [1.82, 2.24) is 14.7 Å². The summed E-state index contributed by atoms with van der Waals surface area (Å²) in [6, 6.07) is 20.2. The Bertz CT molecular complexity index is 926. The fourth-order valence-corrected chi connectivity index (χ4v) is 3.97. The smallest absolute Gasteiger partial charge is 0.257 e. The molecule has 0 unspecified atom stereocenters. The maximum Gasteiger partial charge on any atom is 0.257 e. The van der Waals surface area contributed by atoms with Crippen molar-refractivity contribution < 1.29 is 4.79 Å². The van der Waals surface area contributed by atoms with Crippen LogP contribution in [0.2, 0.25) is 0 Å². The van der Waals surface area contributed by atoms with Crippen LogP contribution in [0.4, 0.5) is 0 Å². The molecule has 28 heavy (non-hydrogen) atoms. The van der Waals surface area contributed by atoms with Gasteiger partial charge in [0, 0.05) is 19.0 Å². The molecule has 5 nitrogen and oxygen atoms in total. The number of nitrogens with two attached hydrogens (primary N) is 1. The summed E-state index contributed by atoms with van der Waals surface area (Å²) >= 11 is 0. The number of amides is 1. The minimum Gasteiger partial charge on any atom is -0.338 e. The van der Waals surface area contributed by atoms with E-state index in [0.717, 1.165) is 11.4 Å². The van der Waals surface area contributed by atoms with Gasteiger partial charge in [-0.1, -0.05) is 48.5 Å². The summed E-state index contributed by atoms with van der Waals surface area (Å²) in [4.78, 5) is 15.1. The lowest BCUT2D eigenvalue weighted by Gasteiger charge is -2.17. The second-order valence-corrected chi connectivity index (χ2v) is 7.11. The number of likely N-dealkylation sites (tertiary alicyclic amines) is 1. The Morgan fingerprint density at radius 2 is 1.71 bits per heavy atom. The summed E-state index contributed by atoms with van der Waals surface area (Å²) in [5.41, 5.74) is 9.74. The first kappa shape index (κ1) is 20.1. The average Bonchev–Trinajstić information content (AvgIpc) is 3.32. The molecule has 0 aliphatic carbocycles. The Morgan fingerprint density at radius 1 is 1.07 bits per heavy atom. The van der Waals surface area contributed by atoms with E-state index in [0.29, 0.717) is 25.2 Å². The van der Waals surface area contributed by atoms with Crippen molar-refractivity contribution in [2.45, 2.75) is 12.8 Å². The zero-order valence-electron chi connectivity index (χ0n) is 15.9. The molecule has 2 aromatic carbocycles. The quantitative estimate of drug-likeness (QED) is 0.734. The SMILES string of the molecule is Cc1c(C(=O)N2C[C@@H](CN)[C@H](c3ccccc3)C2)cnn1-c1ccccc1.Cl. The first-order chi connectivity index (χ1) is 13.2. The third-order valence-electron chi connectivity index (χ3n) is 5.50. The van der Waals surface area contributed by atoms with Crippen molar-refractivity contribution >= 4 is 18.3 Å². The van der Waals surface area contributed by atoms with E-state index in [9.17, 15) is 4.79 Å². The van der Waals surface area contributed by atoms with Crippen molar-refractivity contribution in [3.05, 3.63) is 83.7 Å². The predicted molar refractivity (Wildman–Crippen MR) is 113 cm³/mol. The standard InChI is InChI=1S/C22H24N4O.ClH/c1-16-20(13-24-26(16)19-10-6-3-7-11-19)22(27)25-14-18(12-23)21(15-25)17-8-4-2-5-9-17;/h2-11,13,18,21H,12,14-15,23H2,1H3;1H/t18-,21+;/m1./s1. The minimum atomic E-state index is 0. The Morgan fingerprint density at radius 3 is 2.36 bits per heavy atom. The number of hydrogen-bond donors (Lipinski definition) is 1. The van der Waals surface area contributed by atoms with E-state index in [-0.39, 0.29) is 30.2 Å². The van der Waals surface area contributed by atoms with E-state index in [1.165, 1.54) is 5.56 Å². The van der Waals surface area contributed by atoms with Gasteiger partial charge >= 0.3 is 0 Å². The summed E-state index contributed by atoms with van der Waals surface area (Å²) in [6.45, 7) is 3.90. The van der Waals surface area contributed by atoms with Gasteiger partial charge in [-0.2, -0.15) is 5.10 Å². The van der Waals surface area contributed by atoms with E-state index in [4.69, 9.17) is 5.73 Å². The van der Waals surface area contributed by atoms with Gasteiger partial charge in [-0.25, -0.2) is 4.68 Å². The van der Waals surface area contributed by atoms with Gasteiger partial charge in [0.05, 0.1) is 23.1 Å². The summed E-state index contributed by atoms with van der Waals surface area (Å²) in [6.07, 6.45) is 1.68. The number of hydrogen-bond acceptors (Lipinski definition) is 3. The van der Waals surface area contributed by atoms with Crippen LogP contribution in [0.25, 0.3) is 5.69 Å². The number of aromatic nitrogens is 2. The molecule has 146 valence electrons. The lowest BCUT2D eigenvalue weighted by molar-refractivity contribution is 0.0785. The fourth-order valence-electron chi connectivity index (χ4n) is 3.97. The molecule has 1 fully saturated rings. The van der Waals surface area contributed by atoms with Crippen LogP contribution in [-0.2, 0) is 0 Å². The molecule has 6 heteroatoms. The molecule has 1 aromatic heterocycles. The number of carbonyl (C=O) groups is 1. The predicted octanol–water partition coefficient (Wildman–Crippen LogP) is 3.42. The fraction of sp³-hybridized carbons (Fsp3) is 0.273. The van der Waals surface area contributed by atoms with Crippen LogP contribution in [0, 0.1) is 12.8 Å². The van der Waals surface area contributed by atoms with Gasteiger partial charge in [0.2, 0.25) is 0 Å². The van der Waals surface area contributed by atoms with Crippen molar-refractivity contribution in [3.63, 3.8) is 0 Å². The Hall–Kier alpha value is -2.63. The molecule has 0 bridgehead atoms. The van der Waals surface area contributed by atoms with Gasteiger partial charge in [-0.3, -0.25) is 4.79 Å². The van der Waals surface area contributed by atoms with Crippen LogP contribution in [-0.4, -0.2) is 40.2 Å². The van der Waals surface area contributed by atoms with Crippen LogP contribution in [0.1, 0.15) is 27.5 Å². The number of halogens is 1. The van der Waals surface area contributed by atoms with E-state index >= 15 is 0 Å². The molecule has 4 rings (SSSR count). The molecule has 1 saturated heterocycles. The molecule has 1 amide bonds. The highest BCUT2D eigenvalue weighted by molar-refractivity contribution is 5.95. The van der Waals surface area contributed by atoms with Crippen LogP contribution >= 0.6 is 12.4 Å². The molecule has 2 N–H and O–H groups in total. The third-order valence-corrected chi connectivity index (χ3v) is 5.50. The Labute approximate surface area is 171 Å². The molecular weight excluding hydrogens is 372 g/mol. The average molecular weight is 397 g/mol. The van der Waals surface area contributed by atoms with Crippen molar-refractivity contribution in [2.75, 3.05) is 19.6 Å². The molecule has 2 heterocycles. The number of para-hydroxylation sites is 1.